The van der Waals surface area contributed by atoms with Gasteiger partial charge in [-0.05, 0) is 31.9 Å². The average molecular weight is 380 g/mol. The van der Waals surface area contributed by atoms with Gasteiger partial charge in [-0.2, -0.15) is 0 Å². The summed E-state index contributed by atoms with van der Waals surface area (Å²) in [6.07, 6.45) is 4.55. The van der Waals surface area contributed by atoms with Gasteiger partial charge < -0.3 is 10.7 Å². The highest BCUT2D eigenvalue weighted by Gasteiger charge is 2.25. The Hall–Kier alpha value is -1.73. The van der Waals surface area contributed by atoms with E-state index >= 15 is 0 Å². The van der Waals surface area contributed by atoms with Crippen molar-refractivity contribution in [2.75, 3.05) is 18.9 Å². The molecule has 0 aliphatic carbocycles. The fourth-order valence-electron chi connectivity index (χ4n) is 2.94. The van der Waals surface area contributed by atoms with Crippen LogP contribution in [-0.4, -0.2) is 44.0 Å². The van der Waals surface area contributed by atoms with Crippen LogP contribution in [0.3, 0.4) is 0 Å². The quantitative estimate of drug-likeness (QED) is 0.652. The number of carbonyl (C=O) groups excluding carboxylic acids is 1. The maximum absolute atomic E-state index is 12.7. The van der Waals surface area contributed by atoms with Gasteiger partial charge in [-0.3, -0.25) is 4.79 Å². The minimum atomic E-state index is -0.260. The van der Waals surface area contributed by atoms with Crippen LogP contribution in [0.2, 0.25) is 5.02 Å². The molecule has 1 aromatic carbocycles. The number of aromatic nitrogens is 3. The number of carbonyl (C=O) groups is 1. The lowest BCUT2D eigenvalue weighted by Crippen LogP contribution is -2.37. The zero-order chi connectivity index (χ0) is 17.8. The molecule has 134 valence electrons. The Morgan fingerprint density at radius 3 is 2.56 bits per heavy atom. The van der Waals surface area contributed by atoms with Gasteiger partial charge in [-0.15, -0.1) is 10.2 Å². The summed E-state index contributed by atoms with van der Waals surface area (Å²) in [7, 11) is 0. The van der Waals surface area contributed by atoms with Crippen LogP contribution in [0.25, 0.3) is 11.4 Å². The summed E-state index contributed by atoms with van der Waals surface area (Å²) in [6.45, 7) is 3.57. The molecular formula is C17H22ClN5OS. The Bertz CT molecular complexity index is 742. The molecule has 1 aromatic heterocycles. The van der Waals surface area contributed by atoms with Crippen molar-refractivity contribution >= 4 is 29.3 Å². The van der Waals surface area contributed by atoms with Gasteiger partial charge in [0, 0.05) is 18.7 Å². The number of hydrogen-bond donors (Lipinski definition) is 1. The first-order valence-corrected chi connectivity index (χ1v) is 9.74. The van der Waals surface area contributed by atoms with Crippen molar-refractivity contribution in [3.63, 3.8) is 0 Å². The number of halogens is 1. The Morgan fingerprint density at radius 2 is 1.88 bits per heavy atom. The highest BCUT2D eigenvalue weighted by Crippen LogP contribution is 2.29. The van der Waals surface area contributed by atoms with Crippen LogP contribution < -0.4 is 5.84 Å². The highest BCUT2D eigenvalue weighted by atomic mass is 35.5. The standard InChI is InChI=1S/C17H22ClN5OS/c1-12(16(24)22-10-6-2-3-7-11-22)25-17-21-20-15(23(17)19)13-8-4-5-9-14(13)18/h4-5,8-9,12H,2-3,6-7,10-11,19H2,1H3/t12-/m1/s1. The average Bonchev–Trinajstić information content (AvgIpc) is 2.81. The molecule has 0 saturated carbocycles. The molecule has 0 unspecified atom stereocenters. The number of hydrogen-bond acceptors (Lipinski definition) is 5. The van der Waals surface area contributed by atoms with E-state index in [4.69, 9.17) is 17.4 Å². The van der Waals surface area contributed by atoms with Crippen LogP contribution >= 0.6 is 23.4 Å². The lowest BCUT2D eigenvalue weighted by Gasteiger charge is -2.23. The van der Waals surface area contributed by atoms with Gasteiger partial charge in [0.05, 0.1) is 10.3 Å². The molecule has 1 amide bonds. The van der Waals surface area contributed by atoms with Crippen molar-refractivity contribution in [2.24, 2.45) is 0 Å². The third-order valence-electron chi connectivity index (χ3n) is 4.33. The summed E-state index contributed by atoms with van der Waals surface area (Å²) in [4.78, 5) is 14.6. The maximum Gasteiger partial charge on any atom is 0.235 e. The Balaban J connectivity index is 1.73. The van der Waals surface area contributed by atoms with Crippen LogP contribution in [0.4, 0.5) is 0 Å². The highest BCUT2D eigenvalue weighted by molar-refractivity contribution is 8.00. The van der Waals surface area contributed by atoms with E-state index in [1.807, 2.05) is 30.0 Å². The summed E-state index contributed by atoms with van der Waals surface area (Å²) in [5, 5.41) is 9.09. The number of nitrogens with two attached hydrogens (primary N) is 1. The first-order chi connectivity index (χ1) is 12.1. The number of benzene rings is 1. The number of nitrogens with zero attached hydrogens (tertiary/aromatic N) is 4. The second-order valence-electron chi connectivity index (χ2n) is 6.16. The van der Waals surface area contributed by atoms with Crippen molar-refractivity contribution in [3.8, 4) is 11.4 Å². The molecule has 1 atom stereocenters. The molecule has 1 fully saturated rings. The molecule has 0 spiro atoms. The molecule has 1 aliphatic rings. The van der Waals surface area contributed by atoms with E-state index in [0.717, 1.165) is 31.5 Å². The van der Waals surface area contributed by atoms with Gasteiger partial charge in [0.15, 0.2) is 5.82 Å². The summed E-state index contributed by atoms with van der Waals surface area (Å²) < 4.78 is 1.40. The van der Waals surface area contributed by atoms with Crippen molar-refractivity contribution in [2.45, 2.75) is 43.0 Å². The molecule has 2 N–H and O–H groups in total. The van der Waals surface area contributed by atoms with Gasteiger partial charge in [0.1, 0.15) is 0 Å². The Labute approximate surface area is 156 Å². The molecule has 1 aliphatic heterocycles. The topological polar surface area (TPSA) is 77.0 Å². The molecule has 6 nitrogen and oxygen atoms in total. The van der Waals surface area contributed by atoms with Gasteiger partial charge in [0.25, 0.3) is 0 Å². The molecule has 2 heterocycles. The Morgan fingerprint density at radius 1 is 1.20 bits per heavy atom. The van der Waals surface area contributed by atoms with Crippen molar-refractivity contribution in [1.82, 2.24) is 19.8 Å². The van der Waals surface area contributed by atoms with Gasteiger partial charge in [-0.1, -0.05) is 48.3 Å². The predicted molar refractivity (Wildman–Crippen MR) is 101 cm³/mol. The largest absolute Gasteiger partial charge is 0.342 e. The molecule has 25 heavy (non-hydrogen) atoms. The zero-order valence-corrected chi connectivity index (χ0v) is 15.8. The lowest BCUT2D eigenvalue weighted by atomic mass is 10.2. The van der Waals surface area contributed by atoms with Crippen LogP contribution in [0.5, 0.6) is 0 Å². The number of likely N-dealkylation sites (tertiary alicyclic amines) is 1. The van der Waals surface area contributed by atoms with E-state index < -0.39 is 0 Å². The second-order valence-corrected chi connectivity index (χ2v) is 7.87. The lowest BCUT2D eigenvalue weighted by molar-refractivity contribution is -0.130. The third kappa shape index (κ3) is 4.10. The molecule has 8 heteroatoms. The molecule has 0 bridgehead atoms. The van der Waals surface area contributed by atoms with Crippen LogP contribution in [0, 0.1) is 0 Å². The van der Waals surface area contributed by atoms with Crippen LogP contribution in [-0.2, 0) is 4.79 Å². The summed E-state index contributed by atoms with van der Waals surface area (Å²) >= 11 is 7.54. The maximum atomic E-state index is 12.7. The smallest absolute Gasteiger partial charge is 0.235 e. The van der Waals surface area contributed by atoms with E-state index in [0.29, 0.717) is 16.0 Å². The van der Waals surface area contributed by atoms with Crippen LogP contribution in [0.1, 0.15) is 32.6 Å². The zero-order valence-electron chi connectivity index (χ0n) is 14.2. The van der Waals surface area contributed by atoms with E-state index in [1.54, 1.807) is 6.07 Å². The van der Waals surface area contributed by atoms with Crippen LogP contribution in [0.15, 0.2) is 29.4 Å². The number of nitrogen functional groups attached to an aromatic ring is 1. The second kappa shape index (κ2) is 8.10. The number of rotatable bonds is 4. The number of amides is 1. The van der Waals surface area contributed by atoms with Gasteiger partial charge in [0.2, 0.25) is 11.1 Å². The predicted octanol–water partition coefficient (Wildman–Crippen LogP) is 3.20. The Kier molecular flexibility index (Phi) is 5.86. The monoisotopic (exact) mass is 379 g/mol. The molecule has 3 rings (SSSR count). The minimum absolute atomic E-state index is 0.134. The summed E-state index contributed by atoms with van der Waals surface area (Å²) in [5.74, 6) is 6.77. The SMILES string of the molecule is C[C@@H](Sc1nnc(-c2ccccc2Cl)n1N)C(=O)N1CCCCCC1. The number of thioether (sulfide) groups is 1. The summed E-state index contributed by atoms with van der Waals surface area (Å²) in [5.41, 5.74) is 0.720. The fraction of sp³-hybridized carbons (Fsp3) is 0.471. The normalized spacial score (nSPS) is 16.5. The molecular weight excluding hydrogens is 358 g/mol. The first-order valence-electron chi connectivity index (χ1n) is 8.48. The van der Waals surface area contributed by atoms with E-state index in [1.165, 1.54) is 29.3 Å². The van der Waals surface area contributed by atoms with Crippen molar-refractivity contribution < 1.29 is 4.79 Å². The fourth-order valence-corrected chi connectivity index (χ4v) is 4.01. The molecule has 0 radical (unpaired) electrons. The first kappa shape index (κ1) is 18.1. The van der Waals surface area contributed by atoms with Crippen molar-refractivity contribution in [3.05, 3.63) is 29.3 Å². The minimum Gasteiger partial charge on any atom is -0.342 e. The summed E-state index contributed by atoms with van der Waals surface area (Å²) in [6, 6.07) is 7.34. The third-order valence-corrected chi connectivity index (χ3v) is 5.70. The van der Waals surface area contributed by atoms with E-state index in [2.05, 4.69) is 10.2 Å². The van der Waals surface area contributed by atoms with Gasteiger partial charge >= 0.3 is 0 Å². The van der Waals surface area contributed by atoms with Crippen molar-refractivity contribution in [1.29, 1.82) is 0 Å². The van der Waals surface area contributed by atoms with E-state index in [-0.39, 0.29) is 11.2 Å². The molecule has 2 aromatic rings. The molecule has 1 saturated heterocycles. The van der Waals surface area contributed by atoms with Gasteiger partial charge in [-0.25, -0.2) is 4.68 Å². The van der Waals surface area contributed by atoms with E-state index in [9.17, 15) is 4.79 Å².